The molecule has 0 bridgehead atoms. The summed E-state index contributed by atoms with van der Waals surface area (Å²) in [6.45, 7) is 10.2. The predicted molar refractivity (Wildman–Crippen MR) is 86.4 cm³/mol. The van der Waals surface area contributed by atoms with Crippen LogP contribution in [-0.4, -0.2) is 23.0 Å². The highest BCUT2D eigenvalue weighted by Crippen LogP contribution is 2.41. The van der Waals surface area contributed by atoms with Crippen LogP contribution in [-0.2, 0) is 4.79 Å². The van der Waals surface area contributed by atoms with E-state index in [4.69, 9.17) is 0 Å². The third-order valence-electron chi connectivity index (χ3n) is 3.89. The molecule has 0 saturated carbocycles. The molecule has 3 atom stereocenters. The minimum absolute atomic E-state index is 0.0335. The molecule has 1 fully saturated rings. The van der Waals surface area contributed by atoms with Gasteiger partial charge < -0.3 is 5.32 Å². The van der Waals surface area contributed by atoms with Crippen molar-refractivity contribution in [3.63, 3.8) is 0 Å². The molecule has 2 aliphatic heterocycles. The molecule has 4 nitrogen and oxygen atoms in total. The lowest BCUT2D eigenvalue weighted by molar-refractivity contribution is -0.128. The number of Topliss-reactive ketones (excluding diaryl/α,β-unsaturated/α-hetero) is 1. The van der Waals surface area contributed by atoms with Crippen LogP contribution in [0.3, 0.4) is 0 Å². The summed E-state index contributed by atoms with van der Waals surface area (Å²) in [6.07, 6.45) is 5.99. The molecule has 1 saturated heterocycles. The van der Waals surface area contributed by atoms with Crippen LogP contribution in [0.1, 0.15) is 58.9 Å². The van der Waals surface area contributed by atoms with Crippen molar-refractivity contribution in [1.82, 2.24) is 10.3 Å². The summed E-state index contributed by atoms with van der Waals surface area (Å²) in [5, 5.41) is 6.82. The Morgan fingerprint density at radius 2 is 2.05 bits per heavy atom. The first-order valence-electron chi connectivity index (χ1n) is 7.89. The Morgan fingerprint density at radius 3 is 2.67 bits per heavy atom. The summed E-state index contributed by atoms with van der Waals surface area (Å²) < 4.78 is 0. The number of anilines is 1. The molecule has 1 aromatic heterocycles. The van der Waals surface area contributed by atoms with Crippen LogP contribution >= 0.6 is 0 Å². The molecule has 0 radical (unpaired) electrons. The topological polar surface area (TPSA) is 54.0 Å². The van der Waals surface area contributed by atoms with E-state index >= 15 is 0 Å². The van der Waals surface area contributed by atoms with Crippen LogP contribution in [0.15, 0.2) is 18.5 Å². The van der Waals surface area contributed by atoms with Gasteiger partial charge in [-0.2, -0.15) is 0 Å². The number of aromatic nitrogens is 1. The molecule has 3 unspecified atom stereocenters. The summed E-state index contributed by atoms with van der Waals surface area (Å²) in [5.74, 6) is 0.689. The van der Waals surface area contributed by atoms with Gasteiger partial charge >= 0.3 is 0 Å². The highest BCUT2D eigenvalue weighted by Gasteiger charge is 2.44. The van der Waals surface area contributed by atoms with E-state index in [1.807, 2.05) is 33.2 Å². The zero-order valence-electron chi connectivity index (χ0n) is 13.7. The van der Waals surface area contributed by atoms with Crippen LogP contribution < -0.4 is 10.6 Å². The number of carbonyl (C=O) groups excluding carboxylic acids is 1. The largest absolute Gasteiger partial charge is 0.368 e. The molecule has 116 valence electrons. The zero-order chi connectivity index (χ0) is 15.6. The Bertz CT molecular complexity index is 507. The van der Waals surface area contributed by atoms with E-state index in [0.29, 0.717) is 11.7 Å². The first kappa shape index (κ1) is 16.0. The number of hydrogen-bond acceptors (Lipinski definition) is 4. The van der Waals surface area contributed by atoms with Crippen LogP contribution in [0.5, 0.6) is 0 Å². The van der Waals surface area contributed by atoms with E-state index in [2.05, 4.69) is 35.5 Å². The number of nitrogens with one attached hydrogen (secondary N) is 2. The average molecular weight is 289 g/mol. The van der Waals surface area contributed by atoms with Gasteiger partial charge in [-0.3, -0.25) is 15.1 Å². The molecular formula is C17H27N3O. The highest BCUT2D eigenvalue weighted by molar-refractivity contribution is 5.89. The Kier molecular flexibility index (Phi) is 4.67. The summed E-state index contributed by atoms with van der Waals surface area (Å²) >= 11 is 0. The van der Waals surface area contributed by atoms with Gasteiger partial charge in [0.25, 0.3) is 0 Å². The van der Waals surface area contributed by atoms with Crippen molar-refractivity contribution in [2.45, 2.75) is 65.6 Å². The zero-order valence-corrected chi connectivity index (χ0v) is 13.7. The Labute approximate surface area is 127 Å². The first-order chi connectivity index (χ1) is 9.88. The van der Waals surface area contributed by atoms with Gasteiger partial charge in [0.2, 0.25) is 0 Å². The van der Waals surface area contributed by atoms with Gasteiger partial charge in [0.1, 0.15) is 0 Å². The van der Waals surface area contributed by atoms with E-state index in [0.717, 1.165) is 12.1 Å². The molecule has 3 heterocycles. The van der Waals surface area contributed by atoms with Gasteiger partial charge in [-0.05, 0) is 18.1 Å². The third kappa shape index (κ3) is 3.26. The molecule has 21 heavy (non-hydrogen) atoms. The fourth-order valence-electron chi connectivity index (χ4n) is 2.96. The number of rotatable bonds is 1. The minimum Gasteiger partial charge on any atom is -0.368 e. The lowest BCUT2D eigenvalue weighted by Crippen LogP contribution is -2.43. The van der Waals surface area contributed by atoms with E-state index < -0.39 is 0 Å². The molecule has 0 aliphatic carbocycles. The molecular weight excluding hydrogens is 262 g/mol. The normalized spacial score (nSPS) is 26.2. The Balaban J connectivity index is 0.000000497. The van der Waals surface area contributed by atoms with Crippen LogP contribution in [0.25, 0.3) is 0 Å². The van der Waals surface area contributed by atoms with Crippen molar-refractivity contribution >= 4 is 11.5 Å². The van der Waals surface area contributed by atoms with Crippen LogP contribution in [0, 0.1) is 5.41 Å². The van der Waals surface area contributed by atoms with E-state index in [9.17, 15) is 4.79 Å². The maximum atomic E-state index is 12.3. The smallest absolute Gasteiger partial charge is 0.155 e. The minimum atomic E-state index is -0.280. The number of pyridine rings is 1. The van der Waals surface area contributed by atoms with Crippen molar-refractivity contribution in [2.24, 2.45) is 5.41 Å². The second-order valence-corrected chi connectivity index (χ2v) is 6.97. The number of hydrogen-bond donors (Lipinski definition) is 2. The van der Waals surface area contributed by atoms with E-state index in [-0.39, 0.29) is 17.6 Å². The van der Waals surface area contributed by atoms with E-state index in [1.165, 1.54) is 12.0 Å². The van der Waals surface area contributed by atoms with Crippen LogP contribution in [0.4, 0.5) is 5.69 Å². The first-order valence-corrected chi connectivity index (χ1v) is 7.89. The monoisotopic (exact) mass is 289 g/mol. The lowest BCUT2D eigenvalue weighted by atomic mass is 9.84. The predicted octanol–water partition coefficient (Wildman–Crippen LogP) is 3.31. The number of fused-ring (bicyclic) bond motifs is 3. The molecule has 0 spiro atoms. The fourth-order valence-corrected chi connectivity index (χ4v) is 2.96. The second kappa shape index (κ2) is 6.14. The van der Waals surface area contributed by atoms with Gasteiger partial charge in [0.15, 0.2) is 5.78 Å². The van der Waals surface area contributed by atoms with Crippen molar-refractivity contribution in [3.8, 4) is 0 Å². The maximum Gasteiger partial charge on any atom is 0.155 e. The average Bonchev–Trinajstić information content (AvgIpc) is 2.94. The molecule has 2 aliphatic rings. The molecule has 0 aromatic carbocycles. The number of carbonyl (C=O) groups is 1. The SMILES string of the molecule is CC(C)(C)C(=O)C1CC2c3ccncc3NC2N1.CCC. The molecule has 2 N–H and O–H groups in total. The molecule has 4 heteroatoms. The standard InChI is InChI=1S/C14H19N3O.C3H8/c1-14(2,3)12(18)10-6-9-8-4-5-15-7-11(8)17-13(9)16-10;1-3-2/h4-5,7,9-10,13,16-17H,6H2,1-3H3;3H2,1-2H3. The lowest BCUT2D eigenvalue weighted by Gasteiger charge is -2.22. The summed E-state index contributed by atoms with van der Waals surface area (Å²) in [7, 11) is 0. The summed E-state index contributed by atoms with van der Waals surface area (Å²) in [6, 6.07) is 2.02. The van der Waals surface area contributed by atoms with Gasteiger partial charge in [-0.1, -0.05) is 41.0 Å². The van der Waals surface area contributed by atoms with Crippen molar-refractivity contribution in [2.75, 3.05) is 5.32 Å². The quantitative estimate of drug-likeness (QED) is 0.833. The Morgan fingerprint density at radius 1 is 1.38 bits per heavy atom. The van der Waals surface area contributed by atoms with Crippen molar-refractivity contribution in [1.29, 1.82) is 0 Å². The summed E-state index contributed by atoms with van der Waals surface area (Å²) in [4.78, 5) is 16.4. The number of nitrogens with zero attached hydrogens (tertiary/aromatic N) is 1. The van der Waals surface area contributed by atoms with Gasteiger partial charge in [-0.25, -0.2) is 0 Å². The molecule has 0 amide bonds. The number of ketones is 1. The Hall–Kier alpha value is -1.42. The van der Waals surface area contributed by atoms with Crippen molar-refractivity contribution < 1.29 is 4.79 Å². The summed E-state index contributed by atoms with van der Waals surface area (Å²) in [5.41, 5.74) is 2.10. The third-order valence-corrected chi connectivity index (χ3v) is 3.89. The van der Waals surface area contributed by atoms with Crippen LogP contribution in [0.2, 0.25) is 0 Å². The molecule has 1 aromatic rings. The second-order valence-electron chi connectivity index (χ2n) is 6.97. The van der Waals surface area contributed by atoms with Crippen molar-refractivity contribution in [3.05, 3.63) is 24.0 Å². The van der Waals surface area contributed by atoms with E-state index in [1.54, 1.807) is 0 Å². The van der Waals surface area contributed by atoms with Gasteiger partial charge in [0, 0.05) is 17.5 Å². The van der Waals surface area contributed by atoms with Gasteiger partial charge in [0.05, 0.1) is 24.1 Å². The molecule has 3 rings (SSSR count). The van der Waals surface area contributed by atoms with Gasteiger partial charge in [-0.15, -0.1) is 0 Å². The highest BCUT2D eigenvalue weighted by atomic mass is 16.1. The fraction of sp³-hybridized carbons (Fsp3) is 0.647. The maximum absolute atomic E-state index is 12.3.